The van der Waals surface area contributed by atoms with Gasteiger partial charge in [0.1, 0.15) is 5.75 Å². The van der Waals surface area contributed by atoms with Crippen LogP contribution in [0.3, 0.4) is 0 Å². The van der Waals surface area contributed by atoms with Crippen LogP contribution in [0, 0.1) is 5.92 Å². The molecule has 4 heteroatoms. The number of hydrogen-bond acceptors (Lipinski definition) is 3. The van der Waals surface area contributed by atoms with Crippen LogP contribution in [-0.4, -0.2) is 35.5 Å². The van der Waals surface area contributed by atoms with E-state index in [1.807, 2.05) is 47.5 Å². The molecule has 4 nitrogen and oxygen atoms in total. The number of carbonyl (C=O) groups excluding carboxylic acids is 1. The van der Waals surface area contributed by atoms with Crippen molar-refractivity contribution in [2.75, 3.05) is 19.7 Å². The predicted octanol–water partition coefficient (Wildman–Crippen LogP) is 2.65. The molecule has 3 heterocycles. The molecule has 0 N–H and O–H groups in total. The van der Waals surface area contributed by atoms with Crippen molar-refractivity contribution in [2.24, 2.45) is 5.92 Å². The fraction of sp³-hybridized carbons (Fsp3) is 0.368. The summed E-state index contributed by atoms with van der Waals surface area (Å²) >= 11 is 0. The molecule has 0 saturated carbocycles. The van der Waals surface area contributed by atoms with Gasteiger partial charge in [-0.05, 0) is 36.6 Å². The lowest BCUT2D eigenvalue weighted by molar-refractivity contribution is -0.140. The quantitative estimate of drug-likeness (QED) is 0.856. The van der Waals surface area contributed by atoms with E-state index in [4.69, 9.17) is 4.74 Å². The number of pyridine rings is 1. The first-order valence-electron chi connectivity index (χ1n) is 8.21. The third kappa shape index (κ3) is 2.81. The Morgan fingerprint density at radius 1 is 1.13 bits per heavy atom. The molecule has 1 amide bonds. The number of nitrogens with zero attached hydrogens (tertiary/aromatic N) is 2. The van der Waals surface area contributed by atoms with Crippen molar-refractivity contribution < 1.29 is 9.53 Å². The molecule has 0 bridgehead atoms. The second-order valence-corrected chi connectivity index (χ2v) is 6.34. The number of carbonyl (C=O) groups is 1. The second-order valence-electron chi connectivity index (χ2n) is 6.34. The van der Waals surface area contributed by atoms with E-state index in [1.165, 1.54) is 0 Å². The highest BCUT2D eigenvalue weighted by molar-refractivity contribution is 5.80. The summed E-state index contributed by atoms with van der Waals surface area (Å²) in [7, 11) is 0. The lowest BCUT2D eigenvalue weighted by Gasteiger charge is -2.40. The van der Waals surface area contributed by atoms with Gasteiger partial charge in [0.25, 0.3) is 0 Å². The Kier molecular flexibility index (Phi) is 3.74. The van der Waals surface area contributed by atoms with E-state index in [-0.39, 0.29) is 11.8 Å². The summed E-state index contributed by atoms with van der Waals surface area (Å²) in [4.78, 5) is 19.1. The molecule has 1 aromatic carbocycles. The molecule has 0 radical (unpaired) electrons. The average Bonchev–Trinajstić information content (AvgIpc) is 2.76. The third-order valence-electron chi connectivity index (χ3n) is 4.81. The second kappa shape index (κ2) is 6.03. The summed E-state index contributed by atoms with van der Waals surface area (Å²) in [6.07, 6.45) is 3.39. The van der Waals surface area contributed by atoms with E-state index in [0.29, 0.717) is 12.5 Å². The van der Waals surface area contributed by atoms with Crippen LogP contribution in [0.2, 0.25) is 0 Å². The Morgan fingerprint density at radius 3 is 2.78 bits per heavy atom. The van der Waals surface area contributed by atoms with E-state index in [1.54, 1.807) is 0 Å². The molecular formula is C19H20N2O2. The van der Waals surface area contributed by atoms with Gasteiger partial charge in [0.2, 0.25) is 5.91 Å². The van der Waals surface area contributed by atoms with E-state index in [0.717, 1.165) is 42.9 Å². The Bertz CT molecular complexity index is 696. The van der Waals surface area contributed by atoms with E-state index >= 15 is 0 Å². The number of benzene rings is 1. The molecule has 0 aliphatic carbocycles. The molecular weight excluding hydrogens is 288 g/mol. The molecule has 1 aromatic heterocycles. The Hall–Kier alpha value is -2.36. The number of aromatic nitrogens is 1. The molecule has 4 rings (SSSR count). The fourth-order valence-electron chi connectivity index (χ4n) is 3.42. The lowest BCUT2D eigenvalue weighted by atomic mass is 9.90. The van der Waals surface area contributed by atoms with Crippen LogP contribution in [-0.2, 0) is 11.2 Å². The molecule has 23 heavy (non-hydrogen) atoms. The highest BCUT2D eigenvalue weighted by atomic mass is 16.5. The molecule has 1 fully saturated rings. The number of rotatable bonds is 2. The summed E-state index contributed by atoms with van der Waals surface area (Å²) in [6, 6.07) is 14.0. The van der Waals surface area contributed by atoms with Crippen LogP contribution in [0.4, 0.5) is 0 Å². The van der Waals surface area contributed by atoms with Crippen molar-refractivity contribution in [3.63, 3.8) is 0 Å². The summed E-state index contributed by atoms with van der Waals surface area (Å²) in [5.74, 6) is 1.60. The number of fused-ring (bicyclic) bond motifs is 1. The molecule has 1 atom stereocenters. The summed E-state index contributed by atoms with van der Waals surface area (Å²) < 4.78 is 5.77. The SMILES string of the molecule is O=C([C@H]1CCOc2ccccc2C1)N1CC(c2ccccn2)C1. The van der Waals surface area contributed by atoms with Crippen LogP contribution in [0.5, 0.6) is 5.75 Å². The zero-order valence-electron chi connectivity index (χ0n) is 13.0. The third-order valence-corrected chi connectivity index (χ3v) is 4.81. The zero-order valence-corrected chi connectivity index (χ0v) is 13.0. The van der Waals surface area contributed by atoms with Crippen molar-refractivity contribution >= 4 is 5.91 Å². The largest absolute Gasteiger partial charge is 0.493 e. The Morgan fingerprint density at radius 2 is 1.96 bits per heavy atom. The Balaban J connectivity index is 1.41. The summed E-state index contributed by atoms with van der Waals surface area (Å²) in [5.41, 5.74) is 2.23. The van der Waals surface area contributed by atoms with Crippen molar-refractivity contribution in [1.29, 1.82) is 0 Å². The minimum atomic E-state index is 0.0309. The molecule has 1 saturated heterocycles. The highest BCUT2D eigenvalue weighted by Crippen LogP contribution is 2.31. The topological polar surface area (TPSA) is 42.4 Å². The number of amides is 1. The smallest absolute Gasteiger partial charge is 0.226 e. The van der Waals surface area contributed by atoms with Crippen LogP contribution < -0.4 is 4.74 Å². The normalized spacial score (nSPS) is 20.9. The maximum atomic E-state index is 12.8. The minimum Gasteiger partial charge on any atom is -0.493 e. The van der Waals surface area contributed by atoms with Gasteiger partial charge in [0.05, 0.1) is 6.61 Å². The first-order chi connectivity index (χ1) is 11.3. The van der Waals surface area contributed by atoms with Gasteiger partial charge in [-0.1, -0.05) is 24.3 Å². The van der Waals surface area contributed by atoms with Crippen LogP contribution >= 0.6 is 0 Å². The van der Waals surface area contributed by atoms with Crippen LogP contribution in [0.15, 0.2) is 48.7 Å². The predicted molar refractivity (Wildman–Crippen MR) is 87.3 cm³/mol. The van der Waals surface area contributed by atoms with Crippen LogP contribution in [0.25, 0.3) is 0 Å². The maximum absolute atomic E-state index is 12.8. The molecule has 118 valence electrons. The van der Waals surface area contributed by atoms with Crippen molar-refractivity contribution in [3.8, 4) is 5.75 Å². The highest BCUT2D eigenvalue weighted by Gasteiger charge is 2.36. The van der Waals surface area contributed by atoms with Crippen molar-refractivity contribution in [1.82, 2.24) is 9.88 Å². The average molecular weight is 308 g/mol. The first kappa shape index (κ1) is 14.2. The van der Waals surface area contributed by atoms with Crippen molar-refractivity contribution in [2.45, 2.75) is 18.8 Å². The van der Waals surface area contributed by atoms with E-state index in [2.05, 4.69) is 11.1 Å². The van der Waals surface area contributed by atoms with Gasteiger partial charge in [-0.15, -0.1) is 0 Å². The van der Waals surface area contributed by atoms with E-state index < -0.39 is 0 Å². The molecule has 2 aliphatic heterocycles. The molecule has 0 spiro atoms. The lowest BCUT2D eigenvalue weighted by Crippen LogP contribution is -2.51. The maximum Gasteiger partial charge on any atom is 0.226 e. The van der Waals surface area contributed by atoms with Gasteiger partial charge in [0, 0.05) is 36.8 Å². The van der Waals surface area contributed by atoms with Gasteiger partial charge in [-0.3, -0.25) is 9.78 Å². The van der Waals surface area contributed by atoms with Crippen LogP contribution in [0.1, 0.15) is 23.6 Å². The van der Waals surface area contributed by atoms with E-state index in [9.17, 15) is 4.79 Å². The Labute approximate surface area is 136 Å². The van der Waals surface area contributed by atoms with Crippen molar-refractivity contribution in [3.05, 3.63) is 59.9 Å². The van der Waals surface area contributed by atoms with Gasteiger partial charge >= 0.3 is 0 Å². The van der Waals surface area contributed by atoms with Gasteiger partial charge in [-0.2, -0.15) is 0 Å². The first-order valence-corrected chi connectivity index (χ1v) is 8.21. The fourth-order valence-corrected chi connectivity index (χ4v) is 3.42. The van der Waals surface area contributed by atoms with Gasteiger partial charge in [0.15, 0.2) is 0 Å². The standard InChI is InChI=1S/C19H20N2O2/c22-19(21-12-16(13-21)17-6-3-4-9-20-17)15-8-10-23-18-7-2-1-5-14(18)11-15/h1-7,9,15-16H,8,10-13H2/t15-/m0/s1. The van der Waals surface area contributed by atoms with Gasteiger partial charge in [-0.25, -0.2) is 0 Å². The zero-order chi connectivity index (χ0) is 15.6. The monoisotopic (exact) mass is 308 g/mol. The minimum absolute atomic E-state index is 0.0309. The summed E-state index contributed by atoms with van der Waals surface area (Å²) in [6.45, 7) is 2.19. The summed E-state index contributed by atoms with van der Waals surface area (Å²) in [5, 5.41) is 0. The molecule has 0 unspecified atom stereocenters. The number of para-hydroxylation sites is 1. The number of likely N-dealkylation sites (tertiary alicyclic amines) is 1. The number of hydrogen-bond donors (Lipinski definition) is 0. The number of ether oxygens (including phenoxy) is 1. The van der Waals surface area contributed by atoms with Gasteiger partial charge < -0.3 is 9.64 Å². The molecule has 2 aromatic rings. The molecule has 2 aliphatic rings.